The highest BCUT2D eigenvalue weighted by Gasteiger charge is 2.39. The maximum atomic E-state index is 12.3. The van der Waals surface area contributed by atoms with Crippen LogP contribution >= 0.6 is 0 Å². The zero-order valence-electron chi connectivity index (χ0n) is 11.3. The van der Waals surface area contributed by atoms with Crippen LogP contribution in [0.25, 0.3) is 11.0 Å². The van der Waals surface area contributed by atoms with Crippen LogP contribution in [0.1, 0.15) is 35.3 Å². The number of nitriles is 1. The number of carbonyl (C=O) groups excluding carboxylic acids is 1. The smallest absolute Gasteiger partial charge is 0.270 e. The number of rotatable bonds is 2. The van der Waals surface area contributed by atoms with E-state index in [9.17, 15) is 4.79 Å². The molecule has 1 amide bonds. The first-order chi connectivity index (χ1) is 10.2. The summed E-state index contributed by atoms with van der Waals surface area (Å²) in [5.41, 5.74) is 1.26. The van der Waals surface area contributed by atoms with Crippen molar-refractivity contribution < 1.29 is 9.21 Å². The van der Waals surface area contributed by atoms with Crippen molar-refractivity contribution in [3.8, 4) is 6.07 Å². The van der Waals surface area contributed by atoms with Crippen LogP contribution in [0.5, 0.6) is 0 Å². The second-order valence-corrected chi connectivity index (χ2v) is 5.69. The Labute approximate surface area is 121 Å². The Morgan fingerprint density at radius 2 is 2.43 bits per heavy atom. The molecule has 0 saturated carbocycles. The van der Waals surface area contributed by atoms with E-state index in [1.807, 2.05) is 6.07 Å². The maximum Gasteiger partial charge on any atom is 0.270 e. The summed E-state index contributed by atoms with van der Waals surface area (Å²) >= 11 is 0. The molecule has 21 heavy (non-hydrogen) atoms. The van der Waals surface area contributed by atoms with E-state index in [1.165, 1.54) is 18.9 Å². The molecular weight excluding hydrogens is 268 g/mol. The summed E-state index contributed by atoms with van der Waals surface area (Å²) in [4.78, 5) is 16.5. The monoisotopic (exact) mass is 282 g/mol. The molecule has 0 unspecified atom stereocenters. The predicted molar refractivity (Wildman–Crippen MR) is 74.5 cm³/mol. The van der Waals surface area contributed by atoms with Gasteiger partial charge in [0.1, 0.15) is 18.0 Å². The van der Waals surface area contributed by atoms with Gasteiger partial charge in [-0.15, -0.1) is 0 Å². The second-order valence-electron chi connectivity index (χ2n) is 5.69. The highest BCUT2D eigenvalue weighted by atomic mass is 16.3. The average molecular weight is 282 g/mol. The van der Waals surface area contributed by atoms with Crippen molar-refractivity contribution in [1.82, 2.24) is 15.6 Å². The molecule has 0 aliphatic carbocycles. The summed E-state index contributed by atoms with van der Waals surface area (Å²) in [7, 11) is 0. The Kier molecular flexibility index (Phi) is 2.69. The quantitative estimate of drug-likeness (QED) is 0.867. The Morgan fingerprint density at radius 3 is 3.14 bits per heavy atom. The van der Waals surface area contributed by atoms with Gasteiger partial charge in [-0.05, 0) is 25.3 Å². The fourth-order valence-corrected chi connectivity index (χ4v) is 3.37. The molecular formula is C15H14N4O2. The van der Waals surface area contributed by atoms with Gasteiger partial charge < -0.3 is 15.1 Å². The second kappa shape index (κ2) is 4.57. The Bertz CT molecular complexity index is 761. The number of aromatic nitrogens is 1. The van der Waals surface area contributed by atoms with Crippen LogP contribution in [-0.4, -0.2) is 29.0 Å². The standard InChI is InChI=1S/C15H14N4O2/c16-5-8-7-21-14-6-17-13(4-10(8)14)15(20)19-12-3-9-1-2-11(12)18-9/h4,6-7,9,11-12,18H,1-3H2,(H,19,20)/t9-,11+,12-/m1/s1. The number of nitrogens with one attached hydrogen (secondary N) is 2. The van der Waals surface area contributed by atoms with E-state index in [4.69, 9.17) is 9.68 Å². The van der Waals surface area contributed by atoms with E-state index in [0.29, 0.717) is 34.3 Å². The third-order valence-electron chi connectivity index (χ3n) is 4.43. The zero-order valence-corrected chi connectivity index (χ0v) is 11.3. The van der Waals surface area contributed by atoms with E-state index in [1.54, 1.807) is 6.07 Å². The summed E-state index contributed by atoms with van der Waals surface area (Å²) in [6.45, 7) is 0. The van der Waals surface area contributed by atoms with Crippen LogP contribution in [-0.2, 0) is 0 Å². The van der Waals surface area contributed by atoms with Gasteiger partial charge in [-0.25, -0.2) is 4.98 Å². The van der Waals surface area contributed by atoms with E-state index in [2.05, 4.69) is 15.6 Å². The minimum absolute atomic E-state index is 0.175. The largest absolute Gasteiger partial charge is 0.461 e. The average Bonchev–Trinajstić information content (AvgIpc) is 3.21. The number of furan rings is 1. The fraction of sp³-hybridized carbons (Fsp3) is 0.400. The molecule has 3 atom stereocenters. The molecule has 2 bridgehead atoms. The first kappa shape index (κ1) is 12.4. The van der Waals surface area contributed by atoms with E-state index >= 15 is 0 Å². The molecule has 2 N–H and O–H groups in total. The lowest BCUT2D eigenvalue weighted by Gasteiger charge is -2.21. The molecule has 106 valence electrons. The van der Waals surface area contributed by atoms with Crippen molar-refractivity contribution in [3.63, 3.8) is 0 Å². The van der Waals surface area contributed by atoms with Crippen molar-refractivity contribution in [2.24, 2.45) is 0 Å². The third kappa shape index (κ3) is 1.98. The molecule has 2 aliphatic heterocycles. The molecule has 4 heterocycles. The summed E-state index contributed by atoms with van der Waals surface area (Å²) in [5, 5.41) is 16.2. The summed E-state index contributed by atoms with van der Waals surface area (Å²) in [6.07, 6.45) is 6.16. The van der Waals surface area contributed by atoms with Crippen LogP contribution in [0.4, 0.5) is 0 Å². The lowest BCUT2D eigenvalue weighted by molar-refractivity contribution is 0.0926. The van der Waals surface area contributed by atoms with Crippen molar-refractivity contribution >= 4 is 16.9 Å². The first-order valence-electron chi connectivity index (χ1n) is 7.09. The number of hydrogen-bond acceptors (Lipinski definition) is 5. The van der Waals surface area contributed by atoms with Gasteiger partial charge in [0.25, 0.3) is 5.91 Å². The molecule has 0 spiro atoms. The lowest BCUT2D eigenvalue weighted by Crippen LogP contribution is -2.43. The summed E-state index contributed by atoms with van der Waals surface area (Å²) in [5.74, 6) is -0.193. The maximum absolute atomic E-state index is 12.3. The first-order valence-corrected chi connectivity index (χ1v) is 7.09. The molecule has 6 heteroatoms. The topological polar surface area (TPSA) is 91.0 Å². The highest BCUT2D eigenvalue weighted by molar-refractivity contribution is 5.96. The van der Waals surface area contributed by atoms with E-state index in [-0.39, 0.29) is 11.9 Å². The number of nitrogens with zero attached hydrogens (tertiary/aromatic N) is 2. The number of amides is 1. The minimum Gasteiger partial charge on any atom is -0.461 e. The number of hydrogen-bond donors (Lipinski definition) is 2. The van der Waals surface area contributed by atoms with Gasteiger partial charge in [-0.2, -0.15) is 5.26 Å². The molecule has 6 nitrogen and oxygen atoms in total. The Balaban J connectivity index is 1.58. The van der Waals surface area contributed by atoms with Gasteiger partial charge in [0.15, 0.2) is 5.58 Å². The van der Waals surface area contributed by atoms with E-state index in [0.717, 1.165) is 12.8 Å². The van der Waals surface area contributed by atoms with Crippen LogP contribution in [0.3, 0.4) is 0 Å². The van der Waals surface area contributed by atoms with Gasteiger partial charge in [0, 0.05) is 23.5 Å². The fourth-order valence-electron chi connectivity index (χ4n) is 3.37. The molecule has 2 saturated heterocycles. The van der Waals surface area contributed by atoms with E-state index < -0.39 is 0 Å². The molecule has 4 rings (SSSR count). The van der Waals surface area contributed by atoms with Gasteiger partial charge in [0.05, 0.1) is 11.8 Å². The van der Waals surface area contributed by atoms with Crippen molar-refractivity contribution in [2.75, 3.05) is 0 Å². The number of fused-ring (bicyclic) bond motifs is 3. The molecule has 2 aromatic rings. The molecule has 0 radical (unpaired) electrons. The van der Waals surface area contributed by atoms with Crippen molar-refractivity contribution in [1.29, 1.82) is 5.26 Å². The minimum atomic E-state index is -0.193. The van der Waals surface area contributed by atoms with Gasteiger partial charge in [-0.1, -0.05) is 0 Å². The zero-order chi connectivity index (χ0) is 14.4. The van der Waals surface area contributed by atoms with Gasteiger partial charge in [0.2, 0.25) is 0 Å². The summed E-state index contributed by atoms with van der Waals surface area (Å²) < 4.78 is 5.22. The van der Waals surface area contributed by atoms with Crippen molar-refractivity contribution in [2.45, 2.75) is 37.4 Å². The number of carbonyl (C=O) groups is 1. The van der Waals surface area contributed by atoms with Crippen LogP contribution in [0, 0.1) is 11.3 Å². The molecule has 2 aliphatic rings. The van der Waals surface area contributed by atoms with Crippen LogP contribution < -0.4 is 10.6 Å². The third-order valence-corrected chi connectivity index (χ3v) is 4.43. The SMILES string of the molecule is N#Cc1coc2cnc(C(=O)N[C@@H]3C[C@H]4CC[C@@H]3N4)cc12. The van der Waals surface area contributed by atoms with Crippen LogP contribution in [0.15, 0.2) is 22.9 Å². The van der Waals surface area contributed by atoms with Crippen molar-refractivity contribution in [3.05, 3.63) is 29.8 Å². The van der Waals surface area contributed by atoms with Gasteiger partial charge >= 0.3 is 0 Å². The Morgan fingerprint density at radius 1 is 1.52 bits per heavy atom. The Hall–Kier alpha value is -2.39. The summed E-state index contributed by atoms with van der Waals surface area (Å²) in [6, 6.07) is 4.76. The van der Waals surface area contributed by atoms with Crippen LogP contribution in [0.2, 0.25) is 0 Å². The predicted octanol–water partition coefficient (Wildman–Crippen LogP) is 1.32. The normalized spacial score (nSPS) is 26.9. The van der Waals surface area contributed by atoms with Gasteiger partial charge in [-0.3, -0.25) is 4.79 Å². The number of pyridine rings is 1. The highest BCUT2D eigenvalue weighted by Crippen LogP contribution is 2.28. The molecule has 0 aromatic carbocycles. The molecule has 2 fully saturated rings. The lowest BCUT2D eigenvalue weighted by atomic mass is 9.95. The molecule has 2 aromatic heterocycles.